The molecule has 156 valence electrons. The minimum Gasteiger partial charge on any atom is -0.473 e. The SMILES string of the molecule is CSOc1nc2ccc(NCOc3cc(S(=O)(=O)O)cc(S(=O)(=O)O)c3)cc2s1. The lowest BCUT2D eigenvalue weighted by Gasteiger charge is -2.11. The largest absolute Gasteiger partial charge is 0.473 e. The Kier molecular flexibility index (Phi) is 6.21. The summed E-state index contributed by atoms with van der Waals surface area (Å²) in [7, 11) is -9.41. The lowest BCUT2D eigenvalue weighted by Crippen LogP contribution is -2.10. The molecule has 2 aromatic carbocycles. The van der Waals surface area contributed by atoms with Gasteiger partial charge in [0.1, 0.15) is 5.75 Å². The van der Waals surface area contributed by atoms with Crippen LogP contribution in [0, 0.1) is 0 Å². The summed E-state index contributed by atoms with van der Waals surface area (Å²) >= 11 is 2.53. The predicted molar refractivity (Wildman–Crippen MR) is 109 cm³/mol. The number of nitrogens with zero attached hydrogens (tertiary/aromatic N) is 1. The average molecular weight is 479 g/mol. The van der Waals surface area contributed by atoms with Gasteiger partial charge in [-0.1, -0.05) is 11.3 Å². The topological polar surface area (TPSA) is 152 Å². The average Bonchev–Trinajstić information content (AvgIpc) is 3.02. The molecule has 1 aromatic heterocycles. The van der Waals surface area contributed by atoms with Crippen LogP contribution in [0.3, 0.4) is 0 Å². The molecule has 0 atom stereocenters. The summed E-state index contributed by atoms with van der Waals surface area (Å²) < 4.78 is 75.1. The van der Waals surface area contributed by atoms with Gasteiger partial charge in [-0.15, -0.1) is 0 Å². The van der Waals surface area contributed by atoms with Gasteiger partial charge in [-0.05, 0) is 24.3 Å². The summed E-state index contributed by atoms with van der Waals surface area (Å²) in [5.74, 6) is -0.185. The molecule has 3 N–H and O–H groups in total. The van der Waals surface area contributed by atoms with Crippen LogP contribution in [0.5, 0.6) is 10.9 Å². The molecule has 14 heteroatoms. The maximum absolute atomic E-state index is 11.3. The molecule has 0 aliphatic carbocycles. The number of hydrogen-bond donors (Lipinski definition) is 3. The van der Waals surface area contributed by atoms with E-state index in [1.807, 2.05) is 6.07 Å². The van der Waals surface area contributed by atoms with Crippen molar-refractivity contribution >= 4 is 59.5 Å². The van der Waals surface area contributed by atoms with Crippen molar-refractivity contribution in [2.45, 2.75) is 9.79 Å². The van der Waals surface area contributed by atoms with E-state index in [0.29, 0.717) is 16.9 Å². The highest BCUT2D eigenvalue weighted by atomic mass is 32.2. The zero-order chi connectivity index (χ0) is 21.2. The van der Waals surface area contributed by atoms with Crippen molar-refractivity contribution in [2.24, 2.45) is 0 Å². The van der Waals surface area contributed by atoms with Crippen LogP contribution in [0.15, 0.2) is 46.2 Å². The third-order valence-electron chi connectivity index (χ3n) is 3.49. The molecule has 0 bridgehead atoms. The van der Waals surface area contributed by atoms with Crippen LogP contribution in [0.4, 0.5) is 5.69 Å². The quantitative estimate of drug-likeness (QED) is 0.249. The number of thiazole rings is 1. The van der Waals surface area contributed by atoms with Crippen molar-refractivity contribution in [2.75, 3.05) is 18.3 Å². The molecule has 0 spiro atoms. The second kappa shape index (κ2) is 8.33. The van der Waals surface area contributed by atoms with Crippen molar-refractivity contribution in [3.05, 3.63) is 36.4 Å². The number of anilines is 1. The first-order chi connectivity index (χ1) is 13.6. The Morgan fingerprint density at radius 2 is 1.72 bits per heavy atom. The van der Waals surface area contributed by atoms with E-state index < -0.39 is 30.0 Å². The van der Waals surface area contributed by atoms with Gasteiger partial charge in [-0.3, -0.25) is 9.11 Å². The van der Waals surface area contributed by atoms with E-state index in [0.717, 1.165) is 22.3 Å². The first-order valence-corrected chi connectivity index (χ1v) is 12.5. The Labute approximate surface area is 174 Å². The van der Waals surface area contributed by atoms with Gasteiger partial charge >= 0.3 is 0 Å². The fraction of sp³-hybridized carbons (Fsp3) is 0.133. The molecule has 0 aliphatic rings. The standard InChI is InChI=1S/C15H14N2O8S4/c1-26-25-15-17-13-3-2-9(4-14(13)27-15)16-8-24-10-5-11(28(18,19)20)7-12(6-10)29(21,22)23/h2-7,16H,8H2,1H3,(H,18,19,20)(H,21,22,23). The van der Waals surface area contributed by atoms with Crippen LogP contribution in [-0.4, -0.2) is 43.9 Å². The fourth-order valence-corrected chi connectivity index (χ4v) is 4.66. The molecule has 10 nitrogen and oxygen atoms in total. The minimum atomic E-state index is -4.71. The van der Waals surface area contributed by atoms with Crippen LogP contribution in [0.2, 0.25) is 0 Å². The lowest BCUT2D eigenvalue weighted by atomic mass is 10.3. The Morgan fingerprint density at radius 1 is 1.07 bits per heavy atom. The summed E-state index contributed by atoms with van der Waals surface area (Å²) in [5.41, 5.74) is 1.42. The van der Waals surface area contributed by atoms with Crippen LogP contribution in [-0.2, 0) is 20.2 Å². The molecule has 3 rings (SSSR count). The summed E-state index contributed by atoms with van der Waals surface area (Å²) in [6.45, 7) is -0.154. The number of hydrogen-bond acceptors (Lipinski definition) is 10. The molecule has 3 aromatic rings. The Morgan fingerprint density at radius 3 is 2.31 bits per heavy atom. The van der Waals surface area contributed by atoms with Gasteiger partial charge in [-0.25, -0.2) is 4.98 Å². The van der Waals surface area contributed by atoms with E-state index >= 15 is 0 Å². The van der Waals surface area contributed by atoms with E-state index in [4.69, 9.17) is 18.0 Å². The molecule has 0 aliphatic heterocycles. The van der Waals surface area contributed by atoms with E-state index in [9.17, 15) is 16.8 Å². The summed E-state index contributed by atoms with van der Waals surface area (Å²) in [6, 6.07) is 7.82. The van der Waals surface area contributed by atoms with E-state index in [1.54, 1.807) is 18.4 Å². The number of aromatic nitrogens is 1. The van der Waals surface area contributed by atoms with Crippen molar-refractivity contribution < 1.29 is 34.9 Å². The maximum Gasteiger partial charge on any atom is 0.294 e. The van der Waals surface area contributed by atoms with Gasteiger partial charge in [0.2, 0.25) is 0 Å². The highest BCUT2D eigenvalue weighted by molar-refractivity contribution is 7.94. The third-order valence-corrected chi connectivity index (χ3v) is 6.48. The van der Waals surface area contributed by atoms with Crippen molar-refractivity contribution in [3.8, 4) is 10.9 Å². The first-order valence-electron chi connectivity index (χ1n) is 7.64. The molecule has 0 saturated carbocycles. The van der Waals surface area contributed by atoms with Gasteiger partial charge in [0.05, 0.1) is 32.1 Å². The molecule has 0 fully saturated rings. The second-order valence-electron chi connectivity index (χ2n) is 5.47. The minimum absolute atomic E-state index is 0.154. The van der Waals surface area contributed by atoms with Crippen molar-refractivity contribution in [3.63, 3.8) is 0 Å². The Balaban J connectivity index is 1.76. The van der Waals surface area contributed by atoms with Crippen molar-refractivity contribution in [1.82, 2.24) is 4.98 Å². The number of benzene rings is 2. The van der Waals surface area contributed by atoms with E-state index in [1.165, 1.54) is 23.4 Å². The number of nitrogens with one attached hydrogen (secondary N) is 1. The summed E-state index contributed by atoms with van der Waals surface area (Å²) in [6.07, 6.45) is 1.78. The van der Waals surface area contributed by atoms with Gasteiger partial charge in [-0.2, -0.15) is 16.8 Å². The van der Waals surface area contributed by atoms with E-state index in [-0.39, 0.29) is 12.5 Å². The maximum atomic E-state index is 11.3. The van der Waals surface area contributed by atoms with Crippen LogP contribution in [0.25, 0.3) is 10.2 Å². The van der Waals surface area contributed by atoms with Gasteiger partial charge in [0, 0.05) is 24.1 Å². The van der Waals surface area contributed by atoms with Crippen LogP contribution in [0.1, 0.15) is 0 Å². The molecular weight excluding hydrogens is 464 g/mol. The molecule has 1 heterocycles. The number of rotatable bonds is 8. The fourth-order valence-electron chi connectivity index (χ4n) is 2.25. The Hall–Kier alpha value is -2.10. The zero-order valence-electron chi connectivity index (χ0n) is 14.6. The Bertz CT molecular complexity index is 1200. The van der Waals surface area contributed by atoms with E-state index in [2.05, 4.69) is 10.3 Å². The summed E-state index contributed by atoms with van der Waals surface area (Å²) in [4.78, 5) is 2.84. The van der Waals surface area contributed by atoms with Gasteiger partial charge in [0.15, 0.2) is 6.73 Å². The highest BCUT2D eigenvalue weighted by Crippen LogP contribution is 2.31. The predicted octanol–water partition coefficient (Wildman–Crippen LogP) is 2.89. The monoisotopic (exact) mass is 478 g/mol. The number of fused-ring (bicyclic) bond motifs is 1. The molecule has 0 unspecified atom stereocenters. The van der Waals surface area contributed by atoms with Gasteiger partial charge in [0.25, 0.3) is 25.4 Å². The normalized spacial score (nSPS) is 12.1. The van der Waals surface area contributed by atoms with Crippen LogP contribution >= 0.6 is 23.4 Å². The zero-order valence-corrected chi connectivity index (χ0v) is 17.9. The van der Waals surface area contributed by atoms with Crippen LogP contribution < -0.4 is 14.2 Å². The smallest absolute Gasteiger partial charge is 0.294 e. The number of ether oxygens (including phenoxy) is 1. The third kappa shape index (κ3) is 5.49. The second-order valence-corrected chi connectivity index (χ2v) is 9.80. The summed E-state index contributed by atoms with van der Waals surface area (Å²) in [5, 5.41) is 3.44. The molecule has 0 saturated heterocycles. The van der Waals surface area contributed by atoms with Crippen molar-refractivity contribution in [1.29, 1.82) is 0 Å². The molecule has 0 radical (unpaired) electrons. The molecule has 0 amide bonds. The first kappa shape index (κ1) is 21.6. The molecular formula is C15H14N2O8S4. The highest BCUT2D eigenvalue weighted by Gasteiger charge is 2.18. The lowest BCUT2D eigenvalue weighted by molar-refractivity contribution is 0.344. The van der Waals surface area contributed by atoms with Gasteiger partial charge < -0.3 is 14.2 Å². The molecule has 29 heavy (non-hydrogen) atoms.